The van der Waals surface area contributed by atoms with E-state index in [-0.39, 0.29) is 28.4 Å². The van der Waals surface area contributed by atoms with E-state index in [0.717, 1.165) is 51.4 Å². The Labute approximate surface area is 182 Å². The van der Waals surface area contributed by atoms with E-state index < -0.39 is 5.97 Å². The predicted octanol–water partition coefficient (Wildman–Crippen LogP) is 1.26. The minimum Gasteiger partial charge on any atom is -0.872 e. The number of hydrogen-bond acceptors (Lipinski definition) is 6. The van der Waals surface area contributed by atoms with Crippen molar-refractivity contribution in [1.82, 2.24) is 4.90 Å². The second-order valence-electron chi connectivity index (χ2n) is 6.53. The number of ether oxygens (including phenoxy) is 1. The molecular weight excluding hydrogens is 420 g/mol. The van der Waals surface area contributed by atoms with Gasteiger partial charge in [0.15, 0.2) is 0 Å². The normalized spacial score (nSPS) is 14.0. The number of hydrogen-bond donors (Lipinski definition) is 0. The Hall–Kier alpha value is -2.18. The molecule has 7 heteroatoms. The fourth-order valence-electron chi connectivity index (χ4n) is 2.65. The van der Waals surface area contributed by atoms with Crippen LogP contribution in [0.4, 0.5) is 0 Å². The fraction of sp³-hybridized carbons (Fsp3) is 0.364. The Bertz CT molecular complexity index is 760. The van der Waals surface area contributed by atoms with E-state index in [9.17, 15) is 15.0 Å². The molecule has 6 nitrogen and oxygen atoms in total. The van der Waals surface area contributed by atoms with E-state index in [1.807, 2.05) is 13.0 Å². The third-order valence-electron chi connectivity index (χ3n) is 4.30. The van der Waals surface area contributed by atoms with Crippen molar-refractivity contribution in [1.29, 1.82) is 0 Å². The molecule has 1 aliphatic heterocycles. The average molecular weight is 446 g/mol. The maximum absolute atomic E-state index is 11.4. The summed E-state index contributed by atoms with van der Waals surface area (Å²) in [6, 6.07) is 13.5. The number of aryl methyl sites for hydroxylation is 1. The minimum absolute atomic E-state index is 0. The molecule has 0 amide bonds. The molecule has 1 aliphatic rings. The van der Waals surface area contributed by atoms with E-state index in [4.69, 9.17) is 4.74 Å². The fourth-order valence-corrected chi connectivity index (χ4v) is 2.65. The molecule has 0 spiro atoms. The van der Waals surface area contributed by atoms with Crippen molar-refractivity contribution in [2.75, 3.05) is 39.4 Å². The van der Waals surface area contributed by atoms with Gasteiger partial charge in [-0.1, -0.05) is 54.1 Å². The number of aliphatic imine (C=N–C) groups is 1. The SMILES string of the molecule is Cc1ccc(C(=O)[O-])cc1.[Cu+2].[O-]c1ccccc1C=NCCCN1CCOCC1. The third kappa shape index (κ3) is 9.72. The summed E-state index contributed by atoms with van der Waals surface area (Å²) in [5, 5.41) is 21.6. The molecule has 0 unspecified atom stereocenters. The van der Waals surface area contributed by atoms with Crippen LogP contribution in [-0.2, 0) is 21.8 Å². The van der Waals surface area contributed by atoms with Gasteiger partial charge < -0.3 is 19.7 Å². The quantitative estimate of drug-likeness (QED) is 0.379. The Kier molecular flexibility index (Phi) is 11.9. The molecule has 29 heavy (non-hydrogen) atoms. The number of carbonyl (C=O) groups is 1. The second kappa shape index (κ2) is 13.9. The molecule has 0 aliphatic carbocycles. The molecule has 1 radical (unpaired) electrons. The van der Waals surface area contributed by atoms with E-state index in [0.29, 0.717) is 5.56 Å². The van der Waals surface area contributed by atoms with Gasteiger partial charge in [-0.05, 0) is 24.5 Å². The van der Waals surface area contributed by atoms with Crippen LogP contribution >= 0.6 is 0 Å². The molecule has 0 bridgehead atoms. The number of rotatable bonds is 6. The molecule has 1 saturated heterocycles. The van der Waals surface area contributed by atoms with Gasteiger partial charge in [0, 0.05) is 32.4 Å². The Morgan fingerprint density at radius 2 is 1.79 bits per heavy atom. The topological polar surface area (TPSA) is 88.0 Å². The number of aromatic carboxylic acids is 1. The summed E-state index contributed by atoms with van der Waals surface area (Å²) in [5.74, 6) is -1.09. The van der Waals surface area contributed by atoms with Crippen LogP contribution in [0, 0.1) is 6.92 Å². The average Bonchev–Trinajstić information content (AvgIpc) is 2.71. The zero-order valence-corrected chi connectivity index (χ0v) is 17.4. The number of morpholine rings is 1. The Balaban J connectivity index is 0.000000327. The Morgan fingerprint density at radius 1 is 1.14 bits per heavy atom. The van der Waals surface area contributed by atoms with Gasteiger partial charge in [-0.2, -0.15) is 0 Å². The van der Waals surface area contributed by atoms with E-state index >= 15 is 0 Å². The van der Waals surface area contributed by atoms with Crippen LogP contribution in [0.1, 0.15) is 27.9 Å². The predicted molar refractivity (Wildman–Crippen MR) is 106 cm³/mol. The van der Waals surface area contributed by atoms with Gasteiger partial charge in [0.1, 0.15) is 0 Å². The van der Waals surface area contributed by atoms with Gasteiger partial charge in [0.25, 0.3) is 0 Å². The monoisotopic (exact) mass is 445 g/mol. The van der Waals surface area contributed by atoms with Crippen molar-refractivity contribution in [3.8, 4) is 5.75 Å². The van der Waals surface area contributed by atoms with Crippen molar-refractivity contribution in [3.05, 3.63) is 65.2 Å². The first kappa shape index (κ1) is 24.9. The standard InChI is InChI=1S/C14H20N2O2.C8H8O2.Cu/c17-14-5-2-1-4-13(14)12-15-6-3-7-16-8-10-18-11-9-16;1-6-2-4-7(5-3-6)8(9)10;/h1-2,4-5,12,17H,3,6-11H2;2-5H,1H3,(H,9,10);/q;;+2/p-2. The smallest absolute Gasteiger partial charge is 0.872 e. The summed E-state index contributed by atoms with van der Waals surface area (Å²) in [6.45, 7) is 7.45. The molecule has 1 heterocycles. The number of para-hydroxylation sites is 1. The van der Waals surface area contributed by atoms with E-state index in [2.05, 4.69) is 9.89 Å². The van der Waals surface area contributed by atoms with Crippen LogP contribution in [0.3, 0.4) is 0 Å². The van der Waals surface area contributed by atoms with E-state index in [1.165, 1.54) is 12.1 Å². The van der Waals surface area contributed by atoms with E-state index in [1.54, 1.807) is 36.5 Å². The molecule has 2 aromatic carbocycles. The summed E-state index contributed by atoms with van der Waals surface area (Å²) >= 11 is 0. The first-order chi connectivity index (χ1) is 13.6. The maximum atomic E-state index is 11.4. The molecule has 159 valence electrons. The van der Waals surface area contributed by atoms with Gasteiger partial charge in [-0.3, -0.25) is 9.89 Å². The zero-order chi connectivity index (χ0) is 20.2. The first-order valence-electron chi connectivity index (χ1n) is 9.40. The van der Waals surface area contributed by atoms with Crippen molar-refractivity contribution in [3.63, 3.8) is 0 Å². The number of carbonyl (C=O) groups excluding carboxylic acids is 1. The third-order valence-corrected chi connectivity index (χ3v) is 4.30. The van der Waals surface area contributed by atoms with Crippen LogP contribution in [0.15, 0.2) is 53.5 Å². The van der Waals surface area contributed by atoms with Crippen molar-refractivity contribution in [2.24, 2.45) is 4.99 Å². The molecule has 3 rings (SSSR count). The molecule has 2 aromatic rings. The largest absolute Gasteiger partial charge is 2.00 e. The van der Waals surface area contributed by atoms with Crippen LogP contribution in [-0.4, -0.2) is 56.5 Å². The summed E-state index contributed by atoms with van der Waals surface area (Å²) in [5.41, 5.74) is 1.94. The van der Waals surface area contributed by atoms with Gasteiger partial charge in [0.2, 0.25) is 0 Å². The summed E-state index contributed by atoms with van der Waals surface area (Å²) in [4.78, 5) is 16.9. The zero-order valence-electron chi connectivity index (χ0n) is 16.5. The molecule has 0 saturated carbocycles. The van der Waals surface area contributed by atoms with Crippen LogP contribution in [0.2, 0.25) is 0 Å². The maximum Gasteiger partial charge on any atom is 2.00 e. The summed E-state index contributed by atoms with van der Waals surface area (Å²) < 4.78 is 5.29. The number of carboxylic acids is 1. The first-order valence-corrected chi connectivity index (χ1v) is 9.40. The molecule has 0 aromatic heterocycles. The molecule has 1 fully saturated rings. The van der Waals surface area contributed by atoms with Crippen molar-refractivity contribution < 1.29 is 36.8 Å². The van der Waals surface area contributed by atoms with Crippen LogP contribution in [0.25, 0.3) is 0 Å². The van der Waals surface area contributed by atoms with Crippen LogP contribution < -0.4 is 10.2 Å². The number of carboxylic acid groups (broad SMARTS) is 1. The Morgan fingerprint density at radius 3 is 2.41 bits per heavy atom. The number of benzene rings is 2. The molecule has 0 atom stereocenters. The second-order valence-corrected chi connectivity index (χ2v) is 6.53. The van der Waals surface area contributed by atoms with Gasteiger partial charge in [-0.15, -0.1) is 5.75 Å². The van der Waals surface area contributed by atoms with Gasteiger partial charge >= 0.3 is 17.1 Å². The van der Waals surface area contributed by atoms with Crippen molar-refractivity contribution >= 4 is 12.2 Å². The molecule has 0 N–H and O–H groups in total. The van der Waals surface area contributed by atoms with Crippen molar-refractivity contribution in [2.45, 2.75) is 13.3 Å². The minimum atomic E-state index is -1.12. The van der Waals surface area contributed by atoms with Gasteiger partial charge in [0.05, 0.1) is 19.2 Å². The summed E-state index contributed by atoms with van der Waals surface area (Å²) in [7, 11) is 0. The van der Waals surface area contributed by atoms with Crippen LogP contribution in [0.5, 0.6) is 5.75 Å². The molecular formula is C22H26CuN2O4. The van der Waals surface area contributed by atoms with Gasteiger partial charge in [-0.25, -0.2) is 0 Å². The summed E-state index contributed by atoms with van der Waals surface area (Å²) in [6.07, 6.45) is 2.71. The number of nitrogens with zero attached hydrogens (tertiary/aromatic N) is 2.